The highest BCUT2D eigenvalue weighted by molar-refractivity contribution is 7.98. The molecule has 1 aromatic carbocycles. The molecule has 2 aromatic rings. The van der Waals surface area contributed by atoms with Crippen molar-refractivity contribution >= 4 is 23.4 Å². The molecule has 3 rings (SSSR count). The largest absolute Gasteiger partial charge is 0.262 e. The molecule has 1 heterocycles. The number of halogens is 1. The van der Waals surface area contributed by atoms with Crippen LogP contribution in [0, 0.1) is 0 Å². The lowest BCUT2D eigenvalue weighted by molar-refractivity contribution is 0.932. The van der Waals surface area contributed by atoms with E-state index in [1.807, 2.05) is 24.3 Å². The number of thioether (sulfide) groups is 1. The third-order valence-corrected chi connectivity index (χ3v) is 3.90. The van der Waals surface area contributed by atoms with Crippen molar-refractivity contribution in [2.24, 2.45) is 0 Å². The Labute approximate surface area is 109 Å². The zero-order valence-corrected chi connectivity index (χ0v) is 10.8. The summed E-state index contributed by atoms with van der Waals surface area (Å²) < 4.78 is 0. The van der Waals surface area contributed by atoms with E-state index in [4.69, 9.17) is 11.6 Å². The van der Waals surface area contributed by atoms with Crippen molar-refractivity contribution in [3.8, 4) is 0 Å². The Morgan fingerprint density at radius 2 is 2.06 bits per heavy atom. The molecule has 0 spiro atoms. The lowest BCUT2D eigenvalue weighted by Crippen LogP contribution is -1.82. The molecule has 0 atom stereocenters. The average molecular weight is 266 g/mol. The summed E-state index contributed by atoms with van der Waals surface area (Å²) in [6, 6.07) is 7.88. The minimum Gasteiger partial charge on any atom is -0.262 e. The van der Waals surface area contributed by atoms with E-state index >= 15 is 0 Å². The molecule has 1 aliphatic carbocycles. The molecule has 0 amide bonds. The highest BCUT2D eigenvalue weighted by atomic mass is 35.5. The second-order valence-corrected chi connectivity index (χ2v) is 5.57. The number of benzene rings is 1. The second kappa shape index (κ2) is 4.70. The van der Waals surface area contributed by atoms with Crippen LogP contribution in [0.15, 0.2) is 29.4 Å². The van der Waals surface area contributed by atoms with Gasteiger partial charge in [0.2, 0.25) is 5.16 Å². The lowest BCUT2D eigenvalue weighted by atomic mass is 10.2. The molecular formula is C12H12ClN3S. The van der Waals surface area contributed by atoms with Crippen LogP contribution >= 0.6 is 23.4 Å². The number of H-pyrrole nitrogens is 1. The smallest absolute Gasteiger partial charge is 0.208 e. The predicted molar refractivity (Wildman–Crippen MR) is 69.4 cm³/mol. The third kappa shape index (κ3) is 2.82. The standard InChI is InChI=1S/C12H12ClN3S/c13-10-5-1-8(2-6-10)7-17-12-14-11(15-16-12)9-3-4-9/h1-2,5-6,9H,3-4,7H2,(H,14,15,16). The summed E-state index contributed by atoms with van der Waals surface area (Å²) in [5.41, 5.74) is 1.23. The minimum atomic E-state index is 0.632. The van der Waals surface area contributed by atoms with Crippen molar-refractivity contribution in [2.45, 2.75) is 29.7 Å². The number of hydrogen-bond acceptors (Lipinski definition) is 3. The van der Waals surface area contributed by atoms with Gasteiger partial charge in [0, 0.05) is 16.7 Å². The highest BCUT2D eigenvalue weighted by Crippen LogP contribution is 2.38. The monoisotopic (exact) mass is 265 g/mol. The first kappa shape index (κ1) is 11.1. The van der Waals surface area contributed by atoms with Crippen LogP contribution in [0.3, 0.4) is 0 Å². The highest BCUT2D eigenvalue weighted by Gasteiger charge is 2.27. The fraction of sp³-hybridized carbons (Fsp3) is 0.333. The van der Waals surface area contributed by atoms with Crippen LogP contribution in [0.1, 0.15) is 30.1 Å². The number of rotatable bonds is 4. The maximum atomic E-state index is 5.84. The molecule has 1 N–H and O–H groups in total. The Hall–Kier alpha value is -1.00. The number of aromatic nitrogens is 3. The van der Waals surface area contributed by atoms with Crippen molar-refractivity contribution in [2.75, 3.05) is 0 Å². The maximum absolute atomic E-state index is 5.84. The van der Waals surface area contributed by atoms with Crippen molar-refractivity contribution in [3.63, 3.8) is 0 Å². The van der Waals surface area contributed by atoms with Gasteiger partial charge in [-0.25, -0.2) is 4.98 Å². The summed E-state index contributed by atoms with van der Waals surface area (Å²) in [6.45, 7) is 0. The van der Waals surface area contributed by atoms with Crippen LogP contribution in [0.2, 0.25) is 5.02 Å². The normalized spacial score (nSPS) is 15.1. The first-order valence-electron chi connectivity index (χ1n) is 5.61. The van der Waals surface area contributed by atoms with E-state index in [2.05, 4.69) is 15.2 Å². The van der Waals surface area contributed by atoms with Crippen molar-refractivity contribution in [1.29, 1.82) is 0 Å². The summed E-state index contributed by atoms with van der Waals surface area (Å²) in [6.07, 6.45) is 2.49. The quantitative estimate of drug-likeness (QED) is 0.859. The van der Waals surface area contributed by atoms with Gasteiger partial charge in [-0.1, -0.05) is 35.5 Å². The number of nitrogens with zero attached hydrogens (tertiary/aromatic N) is 2. The second-order valence-electron chi connectivity index (χ2n) is 4.19. The molecule has 1 saturated carbocycles. The zero-order chi connectivity index (χ0) is 11.7. The minimum absolute atomic E-state index is 0.632. The fourth-order valence-electron chi connectivity index (χ4n) is 1.59. The Morgan fingerprint density at radius 1 is 1.29 bits per heavy atom. The molecule has 3 nitrogen and oxygen atoms in total. The third-order valence-electron chi connectivity index (χ3n) is 2.73. The summed E-state index contributed by atoms with van der Waals surface area (Å²) in [5, 5.41) is 8.83. The molecule has 0 bridgehead atoms. The van der Waals surface area contributed by atoms with Crippen LogP contribution in [0.25, 0.3) is 0 Å². The fourth-order valence-corrected chi connectivity index (χ4v) is 2.48. The number of nitrogens with one attached hydrogen (secondary N) is 1. The van der Waals surface area contributed by atoms with E-state index in [9.17, 15) is 0 Å². The summed E-state index contributed by atoms with van der Waals surface area (Å²) in [5.74, 6) is 2.55. The van der Waals surface area contributed by atoms with Gasteiger partial charge in [0.1, 0.15) is 5.82 Å². The van der Waals surface area contributed by atoms with Gasteiger partial charge in [-0.3, -0.25) is 5.10 Å². The van der Waals surface area contributed by atoms with E-state index in [0.717, 1.165) is 21.8 Å². The molecule has 0 aliphatic heterocycles. The molecular weight excluding hydrogens is 254 g/mol. The Morgan fingerprint density at radius 3 is 2.76 bits per heavy atom. The van der Waals surface area contributed by atoms with Gasteiger partial charge in [0.05, 0.1) is 0 Å². The average Bonchev–Trinajstić information content (AvgIpc) is 3.09. The van der Waals surface area contributed by atoms with Crippen molar-refractivity contribution in [3.05, 3.63) is 40.7 Å². The lowest BCUT2D eigenvalue weighted by Gasteiger charge is -1.98. The van der Waals surface area contributed by atoms with Crippen molar-refractivity contribution < 1.29 is 0 Å². The van der Waals surface area contributed by atoms with Crippen LogP contribution in [0.5, 0.6) is 0 Å². The molecule has 1 aromatic heterocycles. The van der Waals surface area contributed by atoms with Gasteiger partial charge < -0.3 is 0 Å². The molecule has 17 heavy (non-hydrogen) atoms. The Kier molecular flexibility index (Phi) is 3.07. The SMILES string of the molecule is Clc1ccc(CSc2n[nH]c(C3CC3)n2)cc1. The summed E-state index contributed by atoms with van der Waals surface area (Å²) >= 11 is 7.49. The summed E-state index contributed by atoms with van der Waals surface area (Å²) in [4.78, 5) is 4.48. The molecule has 0 saturated heterocycles. The van der Waals surface area contributed by atoms with E-state index < -0.39 is 0 Å². The molecule has 1 aliphatic rings. The molecule has 88 valence electrons. The van der Waals surface area contributed by atoms with E-state index in [1.54, 1.807) is 11.8 Å². The Bertz CT molecular complexity index is 505. The number of hydrogen-bond donors (Lipinski definition) is 1. The van der Waals surface area contributed by atoms with Gasteiger partial charge in [-0.15, -0.1) is 5.10 Å². The van der Waals surface area contributed by atoms with Gasteiger partial charge in [0.15, 0.2) is 0 Å². The predicted octanol–water partition coefficient (Wildman–Crippen LogP) is 3.63. The van der Waals surface area contributed by atoms with E-state index in [0.29, 0.717) is 5.92 Å². The molecule has 5 heteroatoms. The maximum Gasteiger partial charge on any atom is 0.208 e. The van der Waals surface area contributed by atoms with Gasteiger partial charge in [-0.2, -0.15) is 0 Å². The Balaban J connectivity index is 1.60. The molecule has 1 fully saturated rings. The van der Waals surface area contributed by atoms with Gasteiger partial charge >= 0.3 is 0 Å². The van der Waals surface area contributed by atoms with Crippen LogP contribution in [-0.2, 0) is 5.75 Å². The number of aromatic amines is 1. The van der Waals surface area contributed by atoms with Gasteiger partial charge in [-0.05, 0) is 30.5 Å². The van der Waals surface area contributed by atoms with Crippen molar-refractivity contribution in [1.82, 2.24) is 15.2 Å². The first-order valence-corrected chi connectivity index (χ1v) is 6.97. The van der Waals surface area contributed by atoms with E-state index in [1.165, 1.54) is 18.4 Å². The van der Waals surface area contributed by atoms with Gasteiger partial charge in [0.25, 0.3) is 0 Å². The summed E-state index contributed by atoms with van der Waals surface area (Å²) in [7, 11) is 0. The van der Waals surface area contributed by atoms with Crippen LogP contribution < -0.4 is 0 Å². The van der Waals surface area contributed by atoms with Crippen LogP contribution in [0.4, 0.5) is 0 Å². The topological polar surface area (TPSA) is 41.6 Å². The zero-order valence-electron chi connectivity index (χ0n) is 9.19. The molecule has 0 unspecified atom stereocenters. The molecule has 0 radical (unpaired) electrons. The first-order chi connectivity index (χ1) is 8.31. The van der Waals surface area contributed by atoms with E-state index in [-0.39, 0.29) is 0 Å². The van der Waals surface area contributed by atoms with Crippen LogP contribution in [-0.4, -0.2) is 15.2 Å².